The van der Waals surface area contributed by atoms with Crippen LogP contribution in [0.5, 0.6) is 5.75 Å². The number of carbonyl (C=O) groups excluding carboxylic acids is 2. The number of fused-ring (bicyclic) bond motifs is 1. The first-order valence-electron chi connectivity index (χ1n) is 13.0. The Bertz CT molecular complexity index is 1550. The molecule has 0 radical (unpaired) electrons. The van der Waals surface area contributed by atoms with Crippen molar-refractivity contribution in [3.8, 4) is 17.1 Å². The highest BCUT2D eigenvalue weighted by atomic mass is 35.5. The Morgan fingerprint density at radius 1 is 1.12 bits per heavy atom. The monoisotopic (exact) mass is 582 g/mol. The van der Waals surface area contributed by atoms with E-state index < -0.39 is 0 Å². The van der Waals surface area contributed by atoms with Crippen LogP contribution < -0.4 is 10.1 Å². The van der Waals surface area contributed by atoms with Crippen molar-refractivity contribution in [3.05, 3.63) is 69.6 Å². The van der Waals surface area contributed by atoms with Gasteiger partial charge in [0, 0.05) is 53.3 Å². The second kappa shape index (κ2) is 12.7. The van der Waals surface area contributed by atoms with Crippen LogP contribution in [0.3, 0.4) is 0 Å². The van der Waals surface area contributed by atoms with Crippen LogP contribution in [0.25, 0.3) is 22.3 Å². The molecule has 0 unspecified atom stereocenters. The van der Waals surface area contributed by atoms with Gasteiger partial charge < -0.3 is 15.0 Å². The van der Waals surface area contributed by atoms with Crippen LogP contribution in [0, 0.1) is 12.8 Å². The Hall–Kier alpha value is -3.69. The summed E-state index contributed by atoms with van der Waals surface area (Å²) in [6.07, 6.45) is 1.78. The third kappa shape index (κ3) is 6.54. The lowest BCUT2D eigenvalue weighted by molar-refractivity contribution is -0.124. The van der Waals surface area contributed by atoms with E-state index in [4.69, 9.17) is 27.9 Å². The summed E-state index contributed by atoms with van der Waals surface area (Å²) < 4.78 is 7.63. The molecule has 0 saturated carbocycles. The van der Waals surface area contributed by atoms with Crippen LogP contribution >= 0.6 is 23.2 Å². The molecule has 2 heterocycles. The van der Waals surface area contributed by atoms with E-state index in [1.165, 1.54) is 0 Å². The minimum absolute atomic E-state index is 0.0399. The first kappa shape index (κ1) is 29.3. The van der Waals surface area contributed by atoms with Crippen molar-refractivity contribution in [1.82, 2.24) is 30.0 Å². The van der Waals surface area contributed by atoms with Gasteiger partial charge >= 0.3 is 0 Å². The number of nitrogens with one attached hydrogen (secondary N) is 1. The molecule has 210 valence electrons. The maximum atomic E-state index is 13.7. The predicted octanol–water partition coefficient (Wildman–Crippen LogP) is 5.55. The summed E-state index contributed by atoms with van der Waals surface area (Å²) in [6, 6.07) is 10.4. The van der Waals surface area contributed by atoms with Gasteiger partial charge in [0.25, 0.3) is 5.91 Å². The average molecular weight is 584 g/mol. The van der Waals surface area contributed by atoms with Crippen LogP contribution in [0.2, 0.25) is 10.0 Å². The molecule has 2 aromatic carbocycles. The van der Waals surface area contributed by atoms with Crippen molar-refractivity contribution in [2.24, 2.45) is 5.92 Å². The SMILES string of the molecule is CCn1ncc(CN(C)C(=O)c2nc(-c3ccc(OCCNC(=O)C(C)C)c(Cl)c3)nc3ccc(Cl)cc23)c1C. The number of hydrogen-bond donors (Lipinski definition) is 1. The van der Waals surface area contributed by atoms with E-state index in [1.54, 1.807) is 54.5 Å². The number of hydrogen-bond acceptors (Lipinski definition) is 6. The fourth-order valence-corrected chi connectivity index (χ4v) is 4.56. The minimum atomic E-state index is -0.269. The Labute approximate surface area is 243 Å². The minimum Gasteiger partial charge on any atom is -0.490 e. The van der Waals surface area contributed by atoms with Crippen LogP contribution in [0.1, 0.15) is 42.5 Å². The Kier molecular flexibility index (Phi) is 9.27. The maximum Gasteiger partial charge on any atom is 0.273 e. The first-order valence-corrected chi connectivity index (χ1v) is 13.8. The van der Waals surface area contributed by atoms with Gasteiger partial charge in [0.15, 0.2) is 5.82 Å². The fraction of sp³-hybridized carbons (Fsp3) is 0.345. The normalized spacial score (nSPS) is 11.2. The number of aromatic nitrogens is 4. The van der Waals surface area contributed by atoms with Crippen LogP contribution in [-0.2, 0) is 17.9 Å². The average Bonchev–Trinajstić information content (AvgIpc) is 3.29. The lowest BCUT2D eigenvalue weighted by atomic mass is 10.1. The number of halogens is 2. The van der Waals surface area contributed by atoms with Gasteiger partial charge in [0.1, 0.15) is 18.1 Å². The van der Waals surface area contributed by atoms with Gasteiger partial charge in [-0.15, -0.1) is 0 Å². The van der Waals surface area contributed by atoms with Gasteiger partial charge in [-0.05, 0) is 50.2 Å². The quantitative estimate of drug-likeness (QED) is 0.246. The number of rotatable bonds is 10. The molecule has 4 aromatic rings. The van der Waals surface area contributed by atoms with Gasteiger partial charge in [-0.3, -0.25) is 14.3 Å². The number of nitrogens with zero attached hydrogens (tertiary/aromatic N) is 5. The maximum absolute atomic E-state index is 13.7. The largest absolute Gasteiger partial charge is 0.490 e. The number of carbonyl (C=O) groups is 2. The molecule has 0 aliphatic rings. The Morgan fingerprint density at radius 3 is 2.58 bits per heavy atom. The van der Waals surface area contributed by atoms with E-state index in [-0.39, 0.29) is 30.0 Å². The van der Waals surface area contributed by atoms with Crippen molar-refractivity contribution in [3.63, 3.8) is 0 Å². The standard InChI is InChI=1S/C29H32Cl2N6O3/c1-6-37-18(4)20(15-33-37)16-36(5)29(39)26-22-14-21(30)8-9-24(22)34-27(35-26)19-7-10-25(23(31)13-19)40-12-11-32-28(38)17(2)3/h7-10,13-15,17H,6,11-12,16H2,1-5H3,(H,32,38). The Morgan fingerprint density at radius 2 is 1.90 bits per heavy atom. The third-order valence-corrected chi connectivity index (χ3v) is 7.02. The van der Waals surface area contributed by atoms with Gasteiger partial charge in [-0.2, -0.15) is 5.10 Å². The molecule has 0 aliphatic heterocycles. The highest BCUT2D eigenvalue weighted by molar-refractivity contribution is 6.32. The summed E-state index contributed by atoms with van der Waals surface area (Å²) in [6.45, 7) is 9.43. The molecule has 0 aliphatic carbocycles. The highest BCUT2D eigenvalue weighted by Gasteiger charge is 2.21. The van der Waals surface area contributed by atoms with E-state index in [0.717, 1.165) is 17.8 Å². The fourth-order valence-electron chi connectivity index (χ4n) is 4.16. The summed E-state index contributed by atoms with van der Waals surface area (Å²) in [5.41, 5.74) is 3.42. The molecule has 2 amide bonds. The van der Waals surface area contributed by atoms with E-state index in [1.807, 2.05) is 32.4 Å². The first-order chi connectivity index (χ1) is 19.1. The van der Waals surface area contributed by atoms with Crippen LogP contribution in [0.4, 0.5) is 0 Å². The van der Waals surface area contributed by atoms with E-state index >= 15 is 0 Å². The predicted molar refractivity (Wildman–Crippen MR) is 157 cm³/mol. The van der Waals surface area contributed by atoms with Crippen molar-refractivity contribution in [2.75, 3.05) is 20.2 Å². The molecule has 0 spiro atoms. The highest BCUT2D eigenvalue weighted by Crippen LogP contribution is 2.31. The zero-order chi connectivity index (χ0) is 29.0. The molecular formula is C29H32Cl2N6O3. The van der Waals surface area contributed by atoms with Crippen molar-refractivity contribution in [2.45, 2.75) is 40.8 Å². The Balaban J connectivity index is 1.60. The second-order valence-corrected chi connectivity index (χ2v) is 10.6. The van der Waals surface area contributed by atoms with Crippen LogP contribution in [0.15, 0.2) is 42.6 Å². The van der Waals surface area contributed by atoms with E-state index in [0.29, 0.717) is 51.2 Å². The molecular weight excluding hydrogens is 551 g/mol. The topological polar surface area (TPSA) is 102 Å². The molecule has 0 fully saturated rings. The lowest BCUT2D eigenvalue weighted by Gasteiger charge is -2.18. The molecule has 11 heteroatoms. The number of ether oxygens (including phenoxy) is 1. The zero-order valence-electron chi connectivity index (χ0n) is 23.2. The summed E-state index contributed by atoms with van der Waals surface area (Å²) in [7, 11) is 1.73. The summed E-state index contributed by atoms with van der Waals surface area (Å²) >= 11 is 12.8. The number of benzene rings is 2. The third-order valence-electron chi connectivity index (χ3n) is 6.49. The van der Waals surface area contributed by atoms with Crippen molar-refractivity contribution < 1.29 is 14.3 Å². The summed E-state index contributed by atoms with van der Waals surface area (Å²) in [5.74, 6) is 0.410. The molecule has 4 rings (SSSR count). The molecule has 40 heavy (non-hydrogen) atoms. The van der Waals surface area contributed by atoms with Gasteiger partial charge in [0.05, 0.1) is 23.3 Å². The van der Waals surface area contributed by atoms with E-state index in [9.17, 15) is 9.59 Å². The molecule has 9 nitrogen and oxygen atoms in total. The summed E-state index contributed by atoms with van der Waals surface area (Å²) in [4.78, 5) is 36.4. The van der Waals surface area contributed by atoms with E-state index in [2.05, 4.69) is 20.4 Å². The molecule has 0 atom stereocenters. The molecule has 0 saturated heterocycles. The molecule has 1 N–H and O–H groups in total. The molecule has 2 aromatic heterocycles. The molecule has 0 bridgehead atoms. The zero-order valence-corrected chi connectivity index (χ0v) is 24.7. The smallest absolute Gasteiger partial charge is 0.273 e. The van der Waals surface area contributed by atoms with Gasteiger partial charge in [-0.25, -0.2) is 9.97 Å². The lowest BCUT2D eigenvalue weighted by Crippen LogP contribution is -2.31. The number of aryl methyl sites for hydroxylation is 1. The van der Waals surface area contributed by atoms with Crippen molar-refractivity contribution >= 4 is 45.9 Å². The second-order valence-electron chi connectivity index (χ2n) is 9.73. The van der Waals surface area contributed by atoms with Gasteiger partial charge in [0.2, 0.25) is 5.91 Å². The summed E-state index contributed by atoms with van der Waals surface area (Å²) in [5, 5.41) is 8.59. The van der Waals surface area contributed by atoms with Crippen molar-refractivity contribution in [1.29, 1.82) is 0 Å². The van der Waals surface area contributed by atoms with Crippen LogP contribution in [-0.4, -0.2) is 56.7 Å². The van der Waals surface area contributed by atoms with Gasteiger partial charge in [-0.1, -0.05) is 37.0 Å². The number of amides is 2.